The molecule has 1 amide bonds. The second kappa shape index (κ2) is 6.23. The van der Waals surface area contributed by atoms with E-state index in [9.17, 15) is 14.9 Å². The fraction of sp³-hybridized carbons (Fsp3) is 0.500. The molecule has 1 saturated carbocycles. The first-order valence-corrected chi connectivity index (χ1v) is 8.10. The highest BCUT2D eigenvalue weighted by Crippen LogP contribution is 2.29. The van der Waals surface area contributed by atoms with Crippen LogP contribution < -0.4 is 0 Å². The number of carbonyl (C=O) groups excluding carboxylic acids is 1. The van der Waals surface area contributed by atoms with Gasteiger partial charge in [0.2, 0.25) is 0 Å². The van der Waals surface area contributed by atoms with Crippen molar-refractivity contribution in [3.63, 3.8) is 0 Å². The first-order chi connectivity index (χ1) is 11.8. The number of rotatable bonds is 5. The van der Waals surface area contributed by atoms with Gasteiger partial charge in [-0.2, -0.15) is 4.80 Å². The number of hydrogen-bond donors (Lipinski definition) is 0. The van der Waals surface area contributed by atoms with Gasteiger partial charge in [0.1, 0.15) is 0 Å². The summed E-state index contributed by atoms with van der Waals surface area (Å²) in [6, 6.07) is 6.38. The number of nitro groups is 1. The Morgan fingerprint density at radius 3 is 2.44 bits per heavy atom. The molecule has 3 rings (SSSR count). The Labute approximate surface area is 144 Å². The van der Waals surface area contributed by atoms with Crippen molar-refractivity contribution in [2.24, 2.45) is 0 Å². The summed E-state index contributed by atoms with van der Waals surface area (Å²) in [6.45, 7) is 6.15. The maximum Gasteiger partial charge on any atom is 0.296 e. The predicted molar refractivity (Wildman–Crippen MR) is 88.8 cm³/mol. The molecule has 1 heterocycles. The predicted octanol–water partition coefficient (Wildman–Crippen LogP) is 2.14. The quantitative estimate of drug-likeness (QED) is 0.607. The monoisotopic (exact) mass is 344 g/mol. The van der Waals surface area contributed by atoms with Gasteiger partial charge in [0.15, 0.2) is 0 Å². The van der Waals surface area contributed by atoms with Crippen molar-refractivity contribution in [1.82, 2.24) is 25.1 Å². The zero-order valence-electron chi connectivity index (χ0n) is 14.4. The number of non-ortho nitro benzene ring substituents is 1. The van der Waals surface area contributed by atoms with E-state index in [1.807, 2.05) is 20.8 Å². The summed E-state index contributed by atoms with van der Waals surface area (Å²) in [7, 11) is 0. The van der Waals surface area contributed by atoms with Crippen molar-refractivity contribution in [3.8, 4) is 0 Å². The summed E-state index contributed by atoms with van der Waals surface area (Å²) in [4.78, 5) is 26.2. The zero-order chi connectivity index (χ0) is 18.2. The van der Waals surface area contributed by atoms with Crippen LogP contribution in [0.4, 0.5) is 5.69 Å². The Bertz CT molecular complexity index is 789. The Balaban J connectivity index is 1.78. The Hall–Kier alpha value is -2.84. The molecule has 1 aromatic carbocycles. The lowest BCUT2D eigenvalue weighted by molar-refractivity contribution is -0.384. The van der Waals surface area contributed by atoms with Gasteiger partial charge in [0, 0.05) is 24.7 Å². The molecule has 0 aliphatic heterocycles. The minimum Gasteiger partial charge on any atom is -0.328 e. The number of nitrogens with zero attached hydrogens (tertiary/aromatic N) is 6. The third kappa shape index (κ3) is 3.81. The van der Waals surface area contributed by atoms with Gasteiger partial charge in [-0.25, -0.2) is 0 Å². The lowest BCUT2D eigenvalue weighted by Crippen LogP contribution is -2.33. The molecule has 9 heteroatoms. The fourth-order valence-corrected chi connectivity index (χ4v) is 2.39. The molecule has 0 bridgehead atoms. The molecular formula is C16H20N6O3. The number of benzene rings is 1. The van der Waals surface area contributed by atoms with Gasteiger partial charge in [-0.15, -0.1) is 10.2 Å². The summed E-state index contributed by atoms with van der Waals surface area (Å²) in [5.74, 6) is -0.194. The SMILES string of the molecule is CC(C)(C)n1nnc(C(=O)N(Cc2ccc([N+](=O)[O-])cc2)C2CC2)n1. The Kier molecular flexibility index (Phi) is 4.23. The van der Waals surface area contributed by atoms with Gasteiger partial charge < -0.3 is 4.90 Å². The standard InChI is InChI=1S/C16H20N6O3/c1-16(2,3)22-18-14(17-19-22)15(23)20(12-8-9-12)10-11-4-6-13(7-5-11)21(24)25/h4-7,12H,8-10H2,1-3H3. The Morgan fingerprint density at radius 2 is 1.96 bits per heavy atom. The van der Waals surface area contributed by atoms with Crippen LogP contribution in [0.25, 0.3) is 0 Å². The molecule has 0 atom stereocenters. The van der Waals surface area contributed by atoms with Crippen LogP contribution in [0.1, 0.15) is 49.8 Å². The lowest BCUT2D eigenvalue weighted by Gasteiger charge is -2.21. The maximum absolute atomic E-state index is 12.8. The smallest absolute Gasteiger partial charge is 0.296 e. The Morgan fingerprint density at radius 1 is 1.32 bits per heavy atom. The van der Waals surface area contributed by atoms with Gasteiger partial charge >= 0.3 is 0 Å². The fourth-order valence-electron chi connectivity index (χ4n) is 2.39. The number of tetrazole rings is 1. The molecule has 9 nitrogen and oxygen atoms in total. The molecule has 0 N–H and O–H groups in total. The average molecular weight is 344 g/mol. The van der Waals surface area contributed by atoms with Crippen LogP contribution in [-0.2, 0) is 12.1 Å². The number of amides is 1. The van der Waals surface area contributed by atoms with Crippen LogP contribution in [0.15, 0.2) is 24.3 Å². The van der Waals surface area contributed by atoms with Crippen LogP contribution in [-0.4, -0.2) is 42.0 Å². The van der Waals surface area contributed by atoms with Gasteiger partial charge in [0.05, 0.1) is 10.5 Å². The van der Waals surface area contributed by atoms with Crippen LogP contribution in [0.2, 0.25) is 0 Å². The average Bonchev–Trinajstić information content (AvgIpc) is 3.26. The van der Waals surface area contributed by atoms with Crippen LogP contribution in [0, 0.1) is 10.1 Å². The summed E-state index contributed by atoms with van der Waals surface area (Å²) in [5, 5.41) is 22.8. The van der Waals surface area contributed by atoms with Crippen molar-refractivity contribution in [2.45, 2.75) is 51.7 Å². The van der Waals surface area contributed by atoms with Crippen molar-refractivity contribution in [2.75, 3.05) is 0 Å². The van der Waals surface area contributed by atoms with Gasteiger partial charge in [-0.05, 0) is 44.4 Å². The second-order valence-electron chi connectivity index (χ2n) is 7.16. The molecule has 0 saturated heterocycles. The first kappa shape index (κ1) is 17.0. The minimum atomic E-state index is -0.442. The van der Waals surface area contributed by atoms with E-state index < -0.39 is 4.92 Å². The maximum atomic E-state index is 12.8. The van der Waals surface area contributed by atoms with Gasteiger partial charge in [-0.3, -0.25) is 14.9 Å². The molecular weight excluding hydrogens is 324 g/mol. The zero-order valence-corrected chi connectivity index (χ0v) is 14.4. The van der Waals surface area contributed by atoms with Crippen LogP contribution >= 0.6 is 0 Å². The number of aromatic nitrogens is 4. The summed E-state index contributed by atoms with van der Waals surface area (Å²) in [5.41, 5.74) is 0.505. The molecule has 0 spiro atoms. The highest BCUT2D eigenvalue weighted by molar-refractivity contribution is 5.90. The van der Waals surface area contributed by atoms with E-state index in [1.54, 1.807) is 17.0 Å². The normalized spacial score (nSPS) is 14.4. The van der Waals surface area contributed by atoms with E-state index in [4.69, 9.17) is 0 Å². The molecule has 1 aliphatic carbocycles. The second-order valence-corrected chi connectivity index (χ2v) is 7.16. The molecule has 2 aromatic rings. The van der Waals surface area contributed by atoms with E-state index in [0.29, 0.717) is 6.54 Å². The van der Waals surface area contributed by atoms with E-state index in [0.717, 1.165) is 18.4 Å². The van der Waals surface area contributed by atoms with Crippen molar-refractivity contribution >= 4 is 11.6 Å². The third-order valence-electron chi connectivity index (χ3n) is 3.95. The number of nitro benzene ring substituents is 1. The van der Waals surface area contributed by atoms with Crippen molar-refractivity contribution < 1.29 is 9.72 Å². The summed E-state index contributed by atoms with van der Waals surface area (Å²) < 4.78 is 0. The lowest BCUT2D eigenvalue weighted by atomic mass is 10.1. The van der Waals surface area contributed by atoms with Gasteiger partial charge in [0.25, 0.3) is 17.4 Å². The topological polar surface area (TPSA) is 107 Å². The minimum absolute atomic E-state index is 0.0304. The number of hydrogen-bond acceptors (Lipinski definition) is 6. The van der Waals surface area contributed by atoms with Crippen LogP contribution in [0.3, 0.4) is 0 Å². The molecule has 1 fully saturated rings. The molecule has 1 aliphatic rings. The summed E-state index contributed by atoms with van der Waals surface area (Å²) in [6.07, 6.45) is 1.87. The van der Waals surface area contributed by atoms with Crippen LogP contribution in [0.5, 0.6) is 0 Å². The van der Waals surface area contributed by atoms with Crippen molar-refractivity contribution in [1.29, 1.82) is 0 Å². The van der Waals surface area contributed by atoms with E-state index >= 15 is 0 Å². The molecule has 0 radical (unpaired) electrons. The van der Waals surface area contributed by atoms with Crippen molar-refractivity contribution in [3.05, 3.63) is 45.8 Å². The third-order valence-corrected chi connectivity index (χ3v) is 3.95. The summed E-state index contributed by atoms with van der Waals surface area (Å²) >= 11 is 0. The molecule has 0 unspecified atom stereocenters. The number of carbonyl (C=O) groups is 1. The highest BCUT2D eigenvalue weighted by Gasteiger charge is 2.35. The molecule has 132 valence electrons. The van der Waals surface area contributed by atoms with E-state index in [-0.39, 0.29) is 29.0 Å². The van der Waals surface area contributed by atoms with Gasteiger partial charge in [-0.1, -0.05) is 12.1 Å². The first-order valence-electron chi connectivity index (χ1n) is 8.10. The highest BCUT2D eigenvalue weighted by atomic mass is 16.6. The molecule has 1 aromatic heterocycles. The molecule has 25 heavy (non-hydrogen) atoms. The van der Waals surface area contributed by atoms with E-state index in [2.05, 4.69) is 15.4 Å². The largest absolute Gasteiger partial charge is 0.328 e. The van der Waals surface area contributed by atoms with E-state index in [1.165, 1.54) is 16.9 Å².